The van der Waals surface area contributed by atoms with Gasteiger partial charge in [0.25, 0.3) is 11.8 Å². The van der Waals surface area contributed by atoms with E-state index in [0.717, 1.165) is 0 Å². The van der Waals surface area contributed by atoms with E-state index in [1.54, 1.807) is 42.5 Å². The number of nitrogens with zero attached hydrogens (tertiary/aromatic N) is 1. The molecule has 2 amide bonds. The van der Waals surface area contributed by atoms with Gasteiger partial charge >= 0.3 is 0 Å². The normalized spacial score (nSPS) is 12.0. The van der Waals surface area contributed by atoms with Crippen LogP contribution in [0.4, 0.5) is 5.69 Å². The number of alkyl halides is 1. The Morgan fingerprint density at radius 3 is 2.58 bits per heavy atom. The van der Waals surface area contributed by atoms with Crippen molar-refractivity contribution in [3.05, 3.63) is 70.4 Å². The number of benzene rings is 2. The van der Waals surface area contributed by atoms with Gasteiger partial charge in [0.2, 0.25) is 0 Å². The predicted octanol–water partition coefficient (Wildman–Crippen LogP) is 3.44. The quantitative estimate of drug-likeness (QED) is 0.469. The van der Waals surface area contributed by atoms with Gasteiger partial charge in [-0.25, -0.2) is 4.98 Å². The molecule has 0 spiro atoms. The molecule has 0 radical (unpaired) electrons. The summed E-state index contributed by atoms with van der Waals surface area (Å²) in [5.74, 6) is -1.34. The van der Waals surface area contributed by atoms with Crippen LogP contribution in [0.3, 0.4) is 0 Å². The van der Waals surface area contributed by atoms with Crippen molar-refractivity contribution in [3.63, 3.8) is 0 Å². The highest BCUT2D eigenvalue weighted by atomic mass is 35.5. The molecule has 3 aromatic rings. The second-order valence-electron chi connectivity index (χ2n) is 5.57. The number of halogens is 2. The summed E-state index contributed by atoms with van der Waals surface area (Å²) in [5.41, 5.74) is 11.9. The van der Waals surface area contributed by atoms with Crippen molar-refractivity contribution in [2.24, 2.45) is 11.5 Å². The van der Waals surface area contributed by atoms with E-state index in [4.69, 9.17) is 34.7 Å². The first kappa shape index (κ1) is 18.1. The number of fused-ring (bicyclic) bond motifs is 1. The summed E-state index contributed by atoms with van der Waals surface area (Å²) in [7, 11) is 0. The van der Waals surface area contributed by atoms with Crippen molar-refractivity contribution in [2.75, 3.05) is 5.32 Å². The summed E-state index contributed by atoms with van der Waals surface area (Å²) < 4.78 is 0. The first-order chi connectivity index (χ1) is 12.3. The molecule has 0 aliphatic rings. The van der Waals surface area contributed by atoms with E-state index in [1.807, 2.05) is 0 Å². The van der Waals surface area contributed by atoms with Gasteiger partial charge in [-0.15, -0.1) is 11.6 Å². The maximum Gasteiger partial charge on any atom is 0.275 e. The Morgan fingerprint density at radius 1 is 1.12 bits per heavy atom. The summed E-state index contributed by atoms with van der Waals surface area (Å²) in [6, 6.07) is 13.2. The van der Waals surface area contributed by atoms with E-state index < -0.39 is 17.3 Å². The van der Waals surface area contributed by atoms with Crippen LogP contribution >= 0.6 is 23.2 Å². The minimum absolute atomic E-state index is 0.00228. The first-order valence-electron chi connectivity index (χ1n) is 7.56. The van der Waals surface area contributed by atoms with Crippen molar-refractivity contribution >= 4 is 51.6 Å². The number of carbonyl (C=O) groups excluding carboxylic acids is 2. The maximum absolute atomic E-state index is 12.7. The number of hydrogen-bond donors (Lipinski definition) is 3. The number of nitrogens with two attached hydrogens (primary N) is 2. The zero-order valence-electron chi connectivity index (χ0n) is 13.4. The predicted molar refractivity (Wildman–Crippen MR) is 102 cm³/mol. The van der Waals surface area contributed by atoms with Gasteiger partial charge in [0, 0.05) is 16.1 Å². The molecule has 1 atom stereocenters. The molecule has 3 rings (SSSR count). The molecule has 0 aliphatic carbocycles. The molecule has 6 nitrogen and oxygen atoms in total. The number of nitrogens with one attached hydrogen (secondary N) is 1. The maximum atomic E-state index is 12.7. The highest BCUT2D eigenvalue weighted by molar-refractivity contribution is 6.31. The molecule has 0 saturated carbocycles. The Hall–Kier alpha value is -2.67. The number of pyridine rings is 1. The lowest BCUT2D eigenvalue weighted by Crippen LogP contribution is -2.22. The van der Waals surface area contributed by atoms with Gasteiger partial charge in [0.15, 0.2) is 0 Å². The van der Waals surface area contributed by atoms with Crippen LogP contribution in [0.15, 0.2) is 48.5 Å². The average molecular weight is 389 g/mol. The Balaban J connectivity index is 2.01. The number of rotatable bonds is 4. The summed E-state index contributed by atoms with van der Waals surface area (Å²) in [6.45, 7) is 0. The van der Waals surface area contributed by atoms with Gasteiger partial charge in [-0.1, -0.05) is 23.7 Å². The van der Waals surface area contributed by atoms with Gasteiger partial charge in [0.1, 0.15) is 11.2 Å². The van der Waals surface area contributed by atoms with Crippen LogP contribution in [0.5, 0.6) is 0 Å². The highest BCUT2D eigenvalue weighted by Crippen LogP contribution is 2.23. The van der Waals surface area contributed by atoms with Crippen molar-refractivity contribution in [1.82, 2.24) is 4.98 Å². The van der Waals surface area contributed by atoms with Gasteiger partial charge in [-0.2, -0.15) is 0 Å². The molecule has 26 heavy (non-hydrogen) atoms. The zero-order valence-corrected chi connectivity index (χ0v) is 14.9. The van der Waals surface area contributed by atoms with E-state index in [-0.39, 0.29) is 11.3 Å². The summed E-state index contributed by atoms with van der Waals surface area (Å²) in [5, 5.41) is 3.77. The van der Waals surface area contributed by atoms with E-state index in [0.29, 0.717) is 27.2 Å². The lowest BCUT2D eigenvalue weighted by molar-refractivity contribution is 0.0974. The van der Waals surface area contributed by atoms with Crippen molar-refractivity contribution in [1.29, 1.82) is 0 Å². The summed E-state index contributed by atoms with van der Waals surface area (Å²) in [4.78, 5) is 28.7. The Kier molecular flexibility index (Phi) is 5.08. The van der Waals surface area contributed by atoms with Gasteiger partial charge in [-0.05, 0) is 42.0 Å². The Bertz CT molecular complexity index is 1020. The second-order valence-corrected chi connectivity index (χ2v) is 6.47. The molecule has 1 unspecified atom stereocenters. The molecule has 0 bridgehead atoms. The van der Waals surface area contributed by atoms with E-state index in [1.165, 1.54) is 6.07 Å². The number of primary amides is 1. The van der Waals surface area contributed by atoms with Crippen LogP contribution < -0.4 is 16.8 Å². The lowest BCUT2D eigenvalue weighted by Gasteiger charge is -2.11. The van der Waals surface area contributed by atoms with Gasteiger partial charge in [-0.3, -0.25) is 9.59 Å². The van der Waals surface area contributed by atoms with Crippen LogP contribution in [0, 0.1) is 0 Å². The molecule has 1 heterocycles. The topological polar surface area (TPSA) is 111 Å². The molecule has 0 saturated heterocycles. The first-order valence-corrected chi connectivity index (χ1v) is 8.37. The average Bonchev–Trinajstić information content (AvgIpc) is 2.60. The van der Waals surface area contributed by atoms with Crippen molar-refractivity contribution in [3.8, 4) is 0 Å². The molecular weight excluding hydrogens is 375 g/mol. The van der Waals surface area contributed by atoms with Gasteiger partial charge < -0.3 is 16.8 Å². The third kappa shape index (κ3) is 3.77. The van der Waals surface area contributed by atoms with Crippen LogP contribution in [-0.4, -0.2) is 16.8 Å². The Morgan fingerprint density at radius 2 is 1.88 bits per heavy atom. The van der Waals surface area contributed by atoms with Crippen LogP contribution in [0.2, 0.25) is 5.02 Å². The fourth-order valence-electron chi connectivity index (χ4n) is 2.49. The van der Waals surface area contributed by atoms with Crippen molar-refractivity contribution < 1.29 is 9.59 Å². The van der Waals surface area contributed by atoms with E-state index in [9.17, 15) is 9.59 Å². The third-order valence-electron chi connectivity index (χ3n) is 3.72. The number of aromatic nitrogens is 1. The minimum Gasteiger partial charge on any atom is -0.366 e. The van der Waals surface area contributed by atoms with Crippen LogP contribution in [0.1, 0.15) is 31.9 Å². The fourth-order valence-corrected chi connectivity index (χ4v) is 2.80. The molecule has 0 fully saturated rings. The zero-order chi connectivity index (χ0) is 18.8. The molecule has 5 N–H and O–H groups in total. The lowest BCUT2D eigenvalue weighted by atomic mass is 10.1. The van der Waals surface area contributed by atoms with Crippen LogP contribution in [0.25, 0.3) is 10.9 Å². The summed E-state index contributed by atoms with van der Waals surface area (Å²) in [6.07, 6.45) is 0. The number of amides is 2. The number of carbonyl (C=O) groups is 2. The SMILES string of the molecule is NC(=O)c1cc2cc(Cl)ccc2nc1C(=O)Nc1cccc(C(N)Cl)c1. The van der Waals surface area contributed by atoms with Crippen LogP contribution in [-0.2, 0) is 0 Å². The smallest absolute Gasteiger partial charge is 0.275 e. The van der Waals surface area contributed by atoms with E-state index >= 15 is 0 Å². The minimum atomic E-state index is -0.763. The largest absolute Gasteiger partial charge is 0.366 e. The fraction of sp³-hybridized carbons (Fsp3) is 0.0556. The van der Waals surface area contributed by atoms with Crippen molar-refractivity contribution in [2.45, 2.75) is 5.50 Å². The Labute approximate surface area is 159 Å². The number of hydrogen-bond acceptors (Lipinski definition) is 4. The van der Waals surface area contributed by atoms with Gasteiger partial charge in [0.05, 0.1) is 11.1 Å². The standard InChI is InChI=1S/C18H14Cl2N4O2/c19-11-4-5-14-10(6-11)8-13(17(22)25)15(24-14)18(26)23-12-3-1-2-9(7-12)16(20)21/h1-8,16H,21H2,(H2,22,25)(H,23,26). The van der Waals surface area contributed by atoms with E-state index in [2.05, 4.69) is 10.3 Å². The monoisotopic (exact) mass is 388 g/mol. The molecule has 2 aromatic carbocycles. The second kappa shape index (κ2) is 7.29. The highest BCUT2D eigenvalue weighted by Gasteiger charge is 2.19. The molecule has 132 valence electrons. The third-order valence-corrected chi connectivity index (χ3v) is 4.21. The molecular formula is C18H14Cl2N4O2. The number of anilines is 1. The molecule has 8 heteroatoms. The summed E-state index contributed by atoms with van der Waals surface area (Å²) >= 11 is 11.8. The molecule has 1 aromatic heterocycles. The molecule has 0 aliphatic heterocycles.